The molecule has 0 aliphatic heterocycles. The molecule has 0 aliphatic carbocycles. The molecule has 0 unspecified atom stereocenters. The van der Waals surface area contributed by atoms with Gasteiger partial charge in [0.05, 0.1) is 12.7 Å². The molecule has 1 rings (SSSR count). The van der Waals surface area contributed by atoms with Crippen LogP contribution in [-0.2, 0) is 11.2 Å². The first-order chi connectivity index (χ1) is 6.79. The number of aromatic nitrogens is 1. The molecule has 0 amide bonds. The number of nitrogens with zero attached hydrogens (tertiary/aromatic N) is 1. The molecule has 0 aromatic carbocycles. The third-order valence-corrected chi connectivity index (χ3v) is 1.70. The first-order valence-corrected chi connectivity index (χ1v) is 4.80. The Hall–Kier alpha value is -1.38. The lowest BCUT2D eigenvalue weighted by Gasteiger charge is -2.03. The zero-order chi connectivity index (χ0) is 11.0. The number of pyridine rings is 1. The number of rotatable bonds is 2. The van der Waals surface area contributed by atoms with E-state index in [2.05, 4.69) is 9.72 Å². The van der Waals surface area contributed by atoms with Crippen LogP contribution in [-0.4, -0.2) is 18.1 Å². The number of carbonyl (C=O) groups is 1. The average Bonchev–Trinajstić information content (AvgIpc) is 2.30. The molecule has 1 aromatic rings. The highest BCUT2D eigenvalue weighted by Gasteiger charge is 2.09. The van der Waals surface area contributed by atoms with E-state index in [1.165, 1.54) is 13.3 Å². The van der Waals surface area contributed by atoms with Crippen LogP contribution in [0.25, 0.3) is 0 Å². The minimum Gasteiger partial charge on any atom is -0.465 e. The summed E-state index contributed by atoms with van der Waals surface area (Å²) in [5.74, 6) is -0.319. The van der Waals surface area contributed by atoms with Gasteiger partial charge in [0.1, 0.15) is 0 Å². The minimum atomic E-state index is -0.319. The first-order valence-electron chi connectivity index (χ1n) is 4.80. The van der Waals surface area contributed by atoms with Gasteiger partial charge in [0.2, 0.25) is 0 Å². The lowest BCUT2D eigenvalue weighted by atomic mass is 10.1. The maximum Gasteiger partial charge on any atom is 0.339 e. The van der Waals surface area contributed by atoms with Gasteiger partial charge in [-0.25, -0.2) is 4.79 Å². The highest BCUT2D eigenvalue weighted by Crippen LogP contribution is 2.08. The quantitative estimate of drug-likeness (QED) is 0.680. The molecule has 14 heavy (non-hydrogen) atoms. The molecule has 0 fully saturated rings. The van der Waals surface area contributed by atoms with E-state index in [4.69, 9.17) is 0 Å². The van der Waals surface area contributed by atoms with E-state index >= 15 is 0 Å². The molecule has 0 saturated heterocycles. The maximum absolute atomic E-state index is 11.1. The number of hydrogen-bond donors (Lipinski definition) is 0. The van der Waals surface area contributed by atoms with Crippen molar-refractivity contribution in [3.05, 3.63) is 29.6 Å². The second kappa shape index (κ2) is 7.06. The summed E-state index contributed by atoms with van der Waals surface area (Å²) in [5.41, 5.74) is 1.53. The van der Waals surface area contributed by atoms with Crippen molar-refractivity contribution in [2.24, 2.45) is 0 Å². The van der Waals surface area contributed by atoms with Crippen molar-refractivity contribution in [3.8, 4) is 0 Å². The van der Waals surface area contributed by atoms with Crippen molar-refractivity contribution in [2.45, 2.75) is 27.2 Å². The van der Waals surface area contributed by atoms with Gasteiger partial charge in [-0.05, 0) is 18.1 Å². The van der Waals surface area contributed by atoms with Crippen molar-refractivity contribution in [2.75, 3.05) is 7.11 Å². The van der Waals surface area contributed by atoms with Crippen molar-refractivity contribution >= 4 is 5.97 Å². The van der Waals surface area contributed by atoms with Crippen molar-refractivity contribution in [3.63, 3.8) is 0 Å². The Morgan fingerprint density at radius 1 is 1.50 bits per heavy atom. The summed E-state index contributed by atoms with van der Waals surface area (Å²) in [6.07, 6.45) is 4.02. The fraction of sp³-hybridized carbons (Fsp3) is 0.455. The number of esters is 1. The zero-order valence-corrected chi connectivity index (χ0v) is 9.20. The predicted octanol–water partition coefficient (Wildman–Crippen LogP) is 2.46. The van der Waals surface area contributed by atoms with Gasteiger partial charge in [-0.2, -0.15) is 0 Å². The Balaban J connectivity index is 0.000000791. The van der Waals surface area contributed by atoms with Crippen LogP contribution in [0.2, 0.25) is 0 Å². The fourth-order valence-corrected chi connectivity index (χ4v) is 1.03. The smallest absolute Gasteiger partial charge is 0.339 e. The molecular formula is C11H17NO2. The molecule has 0 atom stereocenters. The van der Waals surface area contributed by atoms with E-state index in [1.807, 2.05) is 26.8 Å². The SMILES string of the molecule is CC.CCc1ccncc1C(=O)OC. The van der Waals surface area contributed by atoms with Crippen LogP contribution in [0.4, 0.5) is 0 Å². The van der Waals surface area contributed by atoms with Crippen molar-refractivity contribution < 1.29 is 9.53 Å². The molecular weight excluding hydrogens is 178 g/mol. The molecule has 3 heteroatoms. The molecule has 78 valence electrons. The van der Waals surface area contributed by atoms with E-state index in [9.17, 15) is 4.79 Å². The second-order valence-corrected chi connectivity index (χ2v) is 2.38. The van der Waals surface area contributed by atoms with Crippen molar-refractivity contribution in [1.82, 2.24) is 4.98 Å². The average molecular weight is 195 g/mol. The number of ether oxygens (including phenoxy) is 1. The van der Waals surface area contributed by atoms with Gasteiger partial charge in [-0.3, -0.25) is 4.98 Å². The lowest BCUT2D eigenvalue weighted by molar-refractivity contribution is 0.0599. The van der Waals surface area contributed by atoms with Gasteiger partial charge in [0.25, 0.3) is 0 Å². The number of methoxy groups -OCH3 is 1. The number of aryl methyl sites for hydroxylation is 1. The number of carbonyl (C=O) groups excluding carboxylic acids is 1. The Morgan fingerprint density at radius 2 is 2.14 bits per heavy atom. The Labute approximate surface area is 85.1 Å². The van der Waals surface area contributed by atoms with Crippen molar-refractivity contribution in [1.29, 1.82) is 0 Å². The summed E-state index contributed by atoms with van der Waals surface area (Å²) in [7, 11) is 1.37. The van der Waals surface area contributed by atoms with Crippen LogP contribution < -0.4 is 0 Å². The van der Waals surface area contributed by atoms with Crippen LogP contribution in [0.3, 0.4) is 0 Å². The third kappa shape index (κ3) is 3.17. The molecule has 0 N–H and O–H groups in total. The van der Waals surface area contributed by atoms with Gasteiger partial charge >= 0.3 is 5.97 Å². The Morgan fingerprint density at radius 3 is 2.64 bits per heavy atom. The van der Waals surface area contributed by atoms with Gasteiger partial charge in [0.15, 0.2) is 0 Å². The lowest BCUT2D eigenvalue weighted by Crippen LogP contribution is -2.05. The normalized spacial score (nSPS) is 8.57. The van der Waals surface area contributed by atoms with E-state index in [0.29, 0.717) is 5.56 Å². The van der Waals surface area contributed by atoms with Crippen LogP contribution in [0.1, 0.15) is 36.7 Å². The summed E-state index contributed by atoms with van der Waals surface area (Å²) in [6, 6.07) is 1.83. The van der Waals surface area contributed by atoms with Gasteiger partial charge in [-0.15, -0.1) is 0 Å². The third-order valence-electron chi connectivity index (χ3n) is 1.70. The summed E-state index contributed by atoms with van der Waals surface area (Å²) < 4.78 is 4.60. The van der Waals surface area contributed by atoms with Gasteiger partial charge in [0, 0.05) is 12.4 Å². The monoisotopic (exact) mass is 195 g/mol. The van der Waals surface area contributed by atoms with E-state index in [1.54, 1.807) is 6.20 Å². The Kier molecular flexibility index (Phi) is 6.37. The highest BCUT2D eigenvalue weighted by atomic mass is 16.5. The van der Waals surface area contributed by atoms with Crippen LogP contribution in [0, 0.1) is 0 Å². The molecule has 0 radical (unpaired) electrons. The van der Waals surface area contributed by atoms with Crippen LogP contribution >= 0.6 is 0 Å². The van der Waals surface area contributed by atoms with Crippen LogP contribution in [0.15, 0.2) is 18.5 Å². The minimum absolute atomic E-state index is 0.319. The topological polar surface area (TPSA) is 39.2 Å². The fourth-order valence-electron chi connectivity index (χ4n) is 1.03. The molecule has 1 aromatic heterocycles. The summed E-state index contributed by atoms with van der Waals surface area (Å²) in [5, 5.41) is 0. The molecule has 0 bridgehead atoms. The molecule has 3 nitrogen and oxygen atoms in total. The molecule has 0 spiro atoms. The first kappa shape index (κ1) is 12.6. The van der Waals surface area contributed by atoms with Crippen LogP contribution in [0.5, 0.6) is 0 Å². The summed E-state index contributed by atoms with van der Waals surface area (Å²) in [4.78, 5) is 15.0. The summed E-state index contributed by atoms with van der Waals surface area (Å²) >= 11 is 0. The Bertz CT molecular complexity index is 284. The van der Waals surface area contributed by atoms with E-state index < -0.39 is 0 Å². The molecule has 1 heterocycles. The van der Waals surface area contributed by atoms with E-state index in [0.717, 1.165) is 12.0 Å². The molecule has 0 aliphatic rings. The number of hydrogen-bond acceptors (Lipinski definition) is 3. The largest absolute Gasteiger partial charge is 0.465 e. The maximum atomic E-state index is 11.1. The van der Waals surface area contributed by atoms with Gasteiger partial charge < -0.3 is 4.74 Å². The highest BCUT2D eigenvalue weighted by molar-refractivity contribution is 5.90. The predicted molar refractivity (Wildman–Crippen MR) is 56.3 cm³/mol. The standard InChI is InChI=1S/C9H11NO2.C2H6/c1-3-7-4-5-10-6-8(7)9(11)12-2;1-2/h4-6H,3H2,1-2H3;1-2H3. The summed E-state index contributed by atoms with van der Waals surface area (Å²) in [6.45, 7) is 5.99. The van der Waals surface area contributed by atoms with Gasteiger partial charge in [-0.1, -0.05) is 20.8 Å². The zero-order valence-electron chi connectivity index (χ0n) is 9.20. The van der Waals surface area contributed by atoms with E-state index in [-0.39, 0.29) is 5.97 Å². The second-order valence-electron chi connectivity index (χ2n) is 2.38. The molecule has 0 saturated carbocycles.